The van der Waals surface area contributed by atoms with E-state index in [1.54, 1.807) is 36.7 Å². The van der Waals surface area contributed by atoms with Gasteiger partial charge in [0, 0.05) is 42.6 Å². The summed E-state index contributed by atoms with van der Waals surface area (Å²) < 4.78 is 11.6. The van der Waals surface area contributed by atoms with Gasteiger partial charge in [0.1, 0.15) is 0 Å². The highest BCUT2D eigenvalue weighted by Gasteiger charge is 2.32. The van der Waals surface area contributed by atoms with E-state index in [-0.39, 0.29) is 29.9 Å². The van der Waals surface area contributed by atoms with Crippen molar-refractivity contribution in [1.29, 1.82) is 0 Å². The summed E-state index contributed by atoms with van der Waals surface area (Å²) in [5.41, 5.74) is 5.11. The van der Waals surface area contributed by atoms with Crippen LogP contribution in [0.1, 0.15) is 60.3 Å². The van der Waals surface area contributed by atoms with Crippen molar-refractivity contribution in [1.82, 2.24) is 15.4 Å². The number of hydrazine groups is 1. The van der Waals surface area contributed by atoms with E-state index in [2.05, 4.69) is 10.4 Å². The third-order valence-electron chi connectivity index (χ3n) is 5.97. The Morgan fingerprint density at radius 3 is 2.58 bits per heavy atom. The quantitative estimate of drug-likeness (QED) is 0.689. The second kappa shape index (κ2) is 10.1. The lowest BCUT2D eigenvalue weighted by Crippen LogP contribution is -2.45. The van der Waals surface area contributed by atoms with Gasteiger partial charge in [-0.05, 0) is 50.3 Å². The first kappa shape index (κ1) is 21.6. The van der Waals surface area contributed by atoms with Gasteiger partial charge >= 0.3 is 0 Å². The van der Waals surface area contributed by atoms with Gasteiger partial charge in [-0.1, -0.05) is 24.3 Å². The maximum absolute atomic E-state index is 12.8. The van der Waals surface area contributed by atoms with Crippen molar-refractivity contribution < 1.29 is 19.1 Å². The highest BCUT2D eigenvalue weighted by atomic mass is 16.5. The Kier molecular flexibility index (Phi) is 7.06. The number of rotatable bonds is 7. The van der Waals surface area contributed by atoms with Gasteiger partial charge in [-0.2, -0.15) is 5.01 Å². The van der Waals surface area contributed by atoms with E-state index < -0.39 is 0 Å². The Hall–Kier alpha value is -2.61. The topological polar surface area (TPSA) is 80.8 Å². The van der Waals surface area contributed by atoms with Crippen LogP contribution in [0.2, 0.25) is 0 Å². The van der Waals surface area contributed by atoms with Crippen molar-refractivity contribution in [2.45, 2.75) is 44.9 Å². The second-order valence-corrected chi connectivity index (χ2v) is 8.01. The fourth-order valence-corrected chi connectivity index (χ4v) is 4.28. The lowest BCUT2D eigenvalue weighted by Gasteiger charge is -2.30. The van der Waals surface area contributed by atoms with E-state index in [4.69, 9.17) is 9.47 Å². The van der Waals surface area contributed by atoms with E-state index in [9.17, 15) is 9.59 Å². The second-order valence-electron chi connectivity index (χ2n) is 8.01. The Labute approximate surface area is 182 Å². The van der Waals surface area contributed by atoms with Gasteiger partial charge in [0.15, 0.2) is 12.0 Å². The fourth-order valence-electron chi connectivity index (χ4n) is 4.28. The molecule has 0 radical (unpaired) electrons. The van der Waals surface area contributed by atoms with E-state index in [0.29, 0.717) is 24.3 Å². The van der Waals surface area contributed by atoms with Crippen molar-refractivity contribution in [3.63, 3.8) is 0 Å². The molecule has 1 amide bonds. The highest BCUT2D eigenvalue weighted by molar-refractivity contribution is 6.08. The highest BCUT2D eigenvalue weighted by Crippen LogP contribution is 2.29. The number of amides is 1. The normalized spacial score (nSPS) is 24.1. The molecule has 1 aliphatic heterocycles. The van der Waals surface area contributed by atoms with Gasteiger partial charge in [0.05, 0.1) is 12.7 Å². The van der Waals surface area contributed by atoms with Crippen LogP contribution in [0, 0.1) is 5.92 Å². The molecule has 164 valence electrons. The minimum Gasteiger partial charge on any atom is -0.379 e. The van der Waals surface area contributed by atoms with Crippen molar-refractivity contribution in [3.05, 3.63) is 65.5 Å². The molecule has 2 fully saturated rings. The van der Waals surface area contributed by atoms with Crippen molar-refractivity contribution in [2.75, 3.05) is 19.8 Å². The molecule has 31 heavy (non-hydrogen) atoms. The van der Waals surface area contributed by atoms with Crippen LogP contribution in [-0.2, 0) is 14.3 Å². The van der Waals surface area contributed by atoms with Gasteiger partial charge in [-0.15, -0.1) is 0 Å². The summed E-state index contributed by atoms with van der Waals surface area (Å²) in [7, 11) is 0. The van der Waals surface area contributed by atoms with Crippen LogP contribution in [0.5, 0.6) is 0 Å². The number of nitrogens with zero attached hydrogens (tertiary/aromatic N) is 2. The van der Waals surface area contributed by atoms with Crippen LogP contribution in [0.15, 0.2) is 48.8 Å². The van der Waals surface area contributed by atoms with Crippen molar-refractivity contribution >= 4 is 11.7 Å². The van der Waals surface area contributed by atoms with Crippen molar-refractivity contribution in [3.8, 4) is 0 Å². The first-order chi connectivity index (χ1) is 15.2. The average Bonchev–Trinajstić information content (AvgIpc) is 3.28. The maximum Gasteiger partial charge on any atom is 0.237 e. The van der Waals surface area contributed by atoms with Crippen molar-refractivity contribution in [2.24, 2.45) is 5.92 Å². The zero-order chi connectivity index (χ0) is 21.6. The summed E-state index contributed by atoms with van der Waals surface area (Å²) in [5.74, 6) is -0.00827. The Bertz CT molecular complexity index is 879. The molecule has 1 saturated carbocycles. The molecule has 2 aliphatic rings. The number of aromatic nitrogens is 1. The molecule has 1 aromatic heterocycles. The molecule has 1 saturated heterocycles. The predicted octanol–water partition coefficient (Wildman–Crippen LogP) is 3.27. The molecule has 1 atom stereocenters. The molecule has 4 rings (SSSR count). The lowest BCUT2D eigenvalue weighted by atomic mass is 9.87. The third kappa shape index (κ3) is 5.18. The molecular weight excluding hydrogens is 394 g/mol. The van der Waals surface area contributed by atoms with Gasteiger partial charge in [-0.25, -0.2) is 0 Å². The zero-order valence-electron chi connectivity index (χ0n) is 17.8. The van der Waals surface area contributed by atoms with Gasteiger partial charge in [0.2, 0.25) is 5.91 Å². The summed E-state index contributed by atoms with van der Waals surface area (Å²) in [5, 5.41) is 1.86. The average molecular weight is 424 g/mol. The van der Waals surface area contributed by atoms with Crippen LogP contribution >= 0.6 is 0 Å². The number of benzene rings is 1. The number of nitrogens with one attached hydrogen (secondary N) is 1. The third-order valence-corrected chi connectivity index (χ3v) is 5.97. The monoisotopic (exact) mass is 423 g/mol. The zero-order valence-corrected chi connectivity index (χ0v) is 17.8. The number of ether oxygens (including phenoxy) is 2. The standard InChI is InChI=1S/C24H29N3O4/c1-2-30-21-11-9-18(10-12-21)23(29)26-27-14-15-31-24(27)19-7-5-17(6-8-19)22(28)20-4-3-13-25-16-20/h3-8,13,16,18,21,24H,2,9-12,14-15H2,1H3,(H,26,29)/t18?,21?,24-/m0/s1. The number of carbonyl (C=O) groups excluding carboxylic acids is 2. The van der Waals surface area contributed by atoms with Crippen LogP contribution in [-0.4, -0.2) is 47.5 Å². The summed E-state index contributed by atoms with van der Waals surface area (Å²) in [4.78, 5) is 29.4. The molecule has 0 spiro atoms. The molecule has 1 N–H and O–H groups in total. The molecule has 7 nitrogen and oxygen atoms in total. The van der Waals surface area contributed by atoms with Crippen LogP contribution in [0.25, 0.3) is 0 Å². The SMILES string of the molecule is CCOC1CCC(C(=O)NN2CCO[C@H]2c2ccc(C(=O)c3cccnc3)cc2)CC1. The van der Waals surface area contributed by atoms with Crippen LogP contribution in [0.3, 0.4) is 0 Å². The number of carbonyl (C=O) groups is 2. The molecule has 7 heteroatoms. The maximum atomic E-state index is 12.8. The van der Waals surface area contributed by atoms with Crippen LogP contribution < -0.4 is 5.43 Å². The largest absolute Gasteiger partial charge is 0.379 e. The van der Waals surface area contributed by atoms with E-state index in [1.807, 2.05) is 24.1 Å². The van der Waals surface area contributed by atoms with E-state index in [1.165, 1.54) is 0 Å². The van der Waals surface area contributed by atoms with E-state index >= 15 is 0 Å². The molecule has 0 unspecified atom stereocenters. The fraction of sp³-hybridized carbons (Fsp3) is 0.458. The summed E-state index contributed by atoms with van der Waals surface area (Å²) in [6.07, 6.45) is 6.69. The van der Waals surface area contributed by atoms with Gasteiger partial charge in [0.25, 0.3) is 0 Å². The van der Waals surface area contributed by atoms with Gasteiger partial charge in [-0.3, -0.25) is 20.0 Å². The Morgan fingerprint density at radius 1 is 1.13 bits per heavy atom. The minimum absolute atomic E-state index is 0.0115. The number of hydrogen-bond acceptors (Lipinski definition) is 6. The minimum atomic E-state index is -0.355. The number of hydrogen-bond donors (Lipinski definition) is 1. The van der Waals surface area contributed by atoms with Gasteiger partial charge < -0.3 is 9.47 Å². The Balaban J connectivity index is 1.36. The first-order valence-corrected chi connectivity index (χ1v) is 11.0. The van der Waals surface area contributed by atoms with Crippen LogP contribution in [0.4, 0.5) is 0 Å². The number of ketones is 1. The summed E-state index contributed by atoms with van der Waals surface area (Å²) >= 11 is 0. The van der Waals surface area contributed by atoms with E-state index in [0.717, 1.165) is 37.9 Å². The molecule has 1 aliphatic carbocycles. The Morgan fingerprint density at radius 2 is 1.90 bits per heavy atom. The molecule has 1 aromatic carbocycles. The molecule has 0 bridgehead atoms. The smallest absolute Gasteiger partial charge is 0.237 e. The molecule has 2 aromatic rings. The summed E-state index contributed by atoms with van der Waals surface area (Å²) in [6.45, 7) is 3.90. The lowest BCUT2D eigenvalue weighted by molar-refractivity contribution is -0.134. The number of pyridine rings is 1. The summed E-state index contributed by atoms with van der Waals surface area (Å²) in [6, 6.07) is 10.8. The molecule has 2 heterocycles. The predicted molar refractivity (Wildman–Crippen MR) is 115 cm³/mol. The molecular formula is C24H29N3O4. The first-order valence-electron chi connectivity index (χ1n) is 11.0.